The third-order valence-corrected chi connectivity index (χ3v) is 3.92. The zero-order valence-electron chi connectivity index (χ0n) is 12.6. The fourth-order valence-corrected chi connectivity index (χ4v) is 2.67. The van der Waals surface area contributed by atoms with E-state index in [1.54, 1.807) is 23.3 Å². The Labute approximate surface area is 133 Å². The number of hydrogen-bond acceptors (Lipinski definition) is 5. The van der Waals surface area contributed by atoms with Crippen LogP contribution in [0.15, 0.2) is 47.1 Å². The van der Waals surface area contributed by atoms with Crippen LogP contribution in [0.3, 0.4) is 0 Å². The molecular formula is C16H17N3O4. The van der Waals surface area contributed by atoms with Crippen LogP contribution in [0.2, 0.25) is 0 Å². The van der Waals surface area contributed by atoms with Gasteiger partial charge in [-0.2, -0.15) is 0 Å². The standard InChI is InChI=1S/C16H17N3O4/c20-16(13-3-1-4-14(11-13)19(21)22)18-8-6-17(7-9-18)12-15-5-2-10-23-15/h1-5,10-11H,6-9,12H2. The molecule has 2 aromatic rings. The van der Waals surface area contributed by atoms with E-state index in [-0.39, 0.29) is 11.6 Å². The molecule has 0 saturated carbocycles. The van der Waals surface area contributed by atoms with E-state index in [1.165, 1.54) is 12.1 Å². The van der Waals surface area contributed by atoms with Crippen molar-refractivity contribution in [3.63, 3.8) is 0 Å². The van der Waals surface area contributed by atoms with Crippen molar-refractivity contribution in [3.05, 3.63) is 64.1 Å². The van der Waals surface area contributed by atoms with Gasteiger partial charge < -0.3 is 9.32 Å². The first-order valence-electron chi connectivity index (χ1n) is 7.42. The molecule has 1 aromatic heterocycles. The number of rotatable bonds is 4. The molecule has 0 radical (unpaired) electrons. The van der Waals surface area contributed by atoms with E-state index in [4.69, 9.17) is 4.42 Å². The molecule has 7 heteroatoms. The number of carbonyl (C=O) groups excluding carboxylic acids is 1. The van der Waals surface area contributed by atoms with Crippen molar-refractivity contribution in [2.24, 2.45) is 0 Å². The quantitative estimate of drug-likeness (QED) is 0.638. The summed E-state index contributed by atoms with van der Waals surface area (Å²) in [5.74, 6) is 0.745. The highest BCUT2D eigenvalue weighted by atomic mass is 16.6. The fourth-order valence-electron chi connectivity index (χ4n) is 2.67. The molecule has 1 aromatic carbocycles. The summed E-state index contributed by atoms with van der Waals surface area (Å²) >= 11 is 0. The average molecular weight is 315 g/mol. The number of hydrogen-bond donors (Lipinski definition) is 0. The highest BCUT2D eigenvalue weighted by Crippen LogP contribution is 2.16. The number of benzene rings is 1. The zero-order valence-corrected chi connectivity index (χ0v) is 12.6. The van der Waals surface area contributed by atoms with Gasteiger partial charge in [-0.1, -0.05) is 6.07 Å². The smallest absolute Gasteiger partial charge is 0.270 e. The van der Waals surface area contributed by atoms with Crippen molar-refractivity contribution in [2.75, 3.05) is 26.2 Å². The molecule has 1 amide bonds. The van der Waals surface area contributed by atoms with Gasteiger partial charge in [0.05, 0.1) is 17.7 Å². The summed E-state index contributed by atoms with van der Waals surface area (Å²) in [6.07, 6.45) is 1.65. The maximum Gasteiger partial charge on any atom is 0.270 e. The van der Waals surface area contributed by atoms with Gasteiger partial charge in [-0.3, -0.25) is 19.8 Å². The minimum absolute atomic E-state index is 0.0627. The van der Waals surface area contributed by atoms with Crippen LogP contribution in [0.25, 0.3) is 0 Å². The number of nitro benzene ring substituents is 1. The molecule has 120 valence electrons. The molecule has 23 heavy (non-hydrogen) atoms. The minimum atomic E-state index is -0.488. The van der Waals surface area contributed by atoms with Gasteiger partial charge in [-0.25, -0.2) is 0 Å². The molecule has 1 saturated heterocycles. The highest BCUT2D eigenvalue weighted by Gasteiger charge is 2.23. The first-order valence-corrected chi connectivity index (χ1v) is 7.42. The molecule has 0 spiro atoms. The summed E-state index contributed by atoms with van der Waals surface area (Å²) in [5.41, 5.74) is 0.297. The van der Waals surface area contributed by atoms with Gasteiger partial charge in [-0.15, -0.1) is 0 Å². The molecule has 0 atom stereocenters. The van der Waals surface area contributed by atoms with E-state index < -0.39 is 4.92 Å². The summed E-state index contributed by atoms with van der Waals surface area (Å²) in [6, 6.07) is 9.66. The Bertz CT molecular complexity index is 691. The first kappa shape index (κ1) is 15.2. The molecule has 0 N–H and O–H groups in total. The van der Waals surface area contributed by atoms with E-state index in [0.29, 0.717) is 18.7 Å². The third-order valence-electron chi connectivity index (χ3n) is 3.92. The van der Waals surface area contributed by atoms with E-state index in [1.807, 2.05) is 12.1 Å². The monoisotopic (exact) mass is 315 g/mol. The molecule has 0 unspecified atom stereocenters. The molecule has 1 aliphatic heterocycles. The summed E-state index contributed by atoms with van der Waals surface area (Å²) in [5, 5.41) is 10.8. The first-order chi connectivity index (χ1) is 11.1. The highest BCUT2D eigenvalue weighted by molar-refractivity contribution is 5.94. The molecule has 1 fully saturated rings. The lowest BCUT2D eigenvalue weighted by Gasteiger charge is -2.34. The van der Waals surface area contributed by atoms with Crippen molar-refractivity contribution in [3.8, 4) is 0 Å². The predicted molar refractivity (Wildman–Crippen MR) is 83.0 cm³/mol. The molecule has 2 heterocycles. The third kappa shape index (κ3) is 3.57. The van der Waals surface area contributed by atoms with Gasteiger partial charge in [-0.05, 0) is 18.2 Å². The number of carbonyl (C=O) groups is 1. The molecule has 1 aliphatic rings. The normalized spacial score (nSPS) is 15.6. The van der Waals surface area contributed by atoms with E-state index in [0.717, 1.165) is 25.4 Å². The van der Waals surface area contributed by atoms with Crippen molar-refractivity contribution >= 4 is 11.6 Å². The second-order valence-corrected chi connectivity index (χ2v) is 5.46. The van der Waals surface area contributed by atoms with Crippen LogP contribution in [0.1, 0.15) is 16.1 Å². The van der Waals surface area contributed by atoms with E-state index in [2.05, 4.69) is 4.90 Å². The average Bonchev–Trinajstić information content (AvgIpc) is 3.08. The zero-order chi connectivity index (χ0) is 16.2. The second kappa shape index (κ2) is 6.62. The van der Waals surface area contributed by atoms with Gasteiger partial charge in [0.2, 0.25) is 0 Å². The lowest BCUT2D eigenvalue weighted by Crippen LogP contribution is -2.48. The van der Waals surface area contributed by atoms with Crippen molar-refractivity contribution in [1.29, 1.82) is 0 Å². The predicted octanol–water partition coefficient (Wildman–Crippen LogP) is 2.15. The number of nitro groups is 1. The number of furan rings is 1. The minimum Gasteiger partial charge on any atom is -0.468 e. The molecule has 3 rings (SSSR count). The number of non-ortho nitro benzene ring substituents is 1. The molecular weight excluding hydrogens is 298 g/mol. The topological polar surface area (TPSA) is 79.8 Å². The summed E-state index contributed by atoms with van der Waals surface area (Å²) in [7, 11) is 0. The SMILES string of the molecule is O=C(c1cccc([N+](=O)[O-])c1)N1CCN(Cc2ccco2)CC1. The Morgan fingerprint density at radius 2 is 1.96 bits per heavy atom. The Balaban J connectivity index is 1.60. The van der Waals surface area contributed by atoms with Crippen LogP contribution in [0, 0.1) is 10.1 Å². The maximum absolute atomic E-state index is 12.5. The van der Waals surface area contributed by atoms with Crippen LogP contribution in [-0.2, 0) is 6.54 Å². The lowest BCUT2D eigenvalue weighted by atomic mass is 10.1. The second-order valence-electron chi connectivity index (χ2n) is 5.46. The van der Waals surface area contributed by atoms with Crippen molar-refractivity contribution in [1.82, 2.24) is 9.80 Å². The van der Waals surface area contributed by atoms with Crippen LogP contribution in [0.4, 0.5) is 5.69 Å². The number of nitrogens with zero attached hydrogens (tertiary/aromatic N) is 3. The van der Waals surface area contributed by atoms with E-state index >= 15 is 0 Å². The van der Waals surface area contributed by atoms with Crippen molar-refractivity contribution in [2.45, 2.75) is 6.54 Å². The van der Waals surface area contributed by atoms with Gasteiger partial charge in [0.15, 0.2) is 0 Å². The summed E-state index contributed by atoms with van der Waals surface area (Å²) < 4.78 is 5.33. The van der Waals surface area contributed by atoms with Gasteiger partial charge >= 0.3 is 0 Å². The van der Waals surface area contributed by atoms with Crippen LogP contribution in [0.5, 0.6) is 0 Å². The largest absolute Gasteiger partial charge is 0.468 e. The lowest BCUT2D eigenvalue weighted by molar-refractivity contribution is -0.384. The van der Waals surface area contributed by atoms with Crippen molar-refractivity contribution < 1.29 is 14.1 Å². The van der Waals surface area contributed by atoms with E-state index in [9.17, 15) is 14.9 Å². The van der Waals surface area contributed by atoms with Crippen LogP contribution >= 0.6 is 0 Å². The Hall–Kier alpha value is -2.67. The Morgan fingerprint density at radius 1 is 1.17 bits per heavy atom. The van der Waals surface area contributed by atoms with Gasteiger partial charge in [0.25, 0.3) is 11.6 Å². The number of piperazine rings is 1. The Kier molecular flexibility index (Phi) is 4.38. The summed E-state index contributed by atoms with van der Waals surface area (Å²) in [4.78, 5) is 26.7. The van der Waals surface area contributed by atoms with Gasteiger partial charge in [0.1, 0.15) is 5.76 Å². The number of amides is 1. The Morgan fingerprint density at radius 3 is 2.61 bits per heavy atom. The molecule has 0 bridgehead atoms. The molecule has 0 aliphatic carbocycles. The van der Waals surface area contributed by atoms with Gasteiger partial charge in [0, 0.05) is 43.9 Å². The summed E-state index contributed by atoms with van der Waals surface area (Å²) in [6.45, 7) is 3.43. The molecule has 7 nitrogen and oxygen atoms in total. The maximum atomic E-state index is 12.5. The van der Waals surface area contributed by atoms with Crippen LogP contribution in [-0.4, -0.2) is 46.8 Å². The fraction of sp³-hybridized carbons (Fsp3) is 0.312. The van der Waals surface area contributed by atoms with Crippen LogP contribution < -0.4 is 0 Å².